The molecule has 0 aliphatic heterocycles. The van der Waals surface area contributed by atoms with E-state index >= 15 is 0 Å². The first-order chi connectivity index (χ1) is 9.59. The minimum atomic E-state index is -0.0241. The molecule has 0 bridgehead atoms. The largest absolute Gasteiger partial charge is 0.349 e. The molecule has 3 heteroatoms. The Morgan fingerprint density at radius 2 is 1.95 bits per heavy atom. The fourth-order valence-corrected chi connectivity index (χ4v) is 3.13. The summed E-state index contributed by atoms with van der Waals surface area (Å²) in [5.41, 5.74) is 8.56. The van der Waals surface area contributed by atoms with E-state index in [2.05, 4.69) is 24.4 Å². The highest BCUT2D eigenvalue weighted by molar-refractivity contribution is 5.79. The van der Waals surface area contributed by atoms with Gasteiger partial charge in [-0.05, 0) is 37.8 Å². The highest BCUT2D eigenvalue weighted by Gasteiger charge is 2.28. The van der Waals surface area contributed by atoms with Crippen molar-refractivity contribution in [3.63, 3.8) is 0 Å². The molecule has 1 aromatic carbocycles. The minimum Gasteiger partial charge on any atom is -0.349 e. The van der Waals surface area contributed by atoms with E-state index in [-0.39, 0.29) is 23.9 Å². The van der Waals surface area contributed by atoms with E-state index in [4.69, 9.17) is 5.73 Å². The minimum absolute atomic E-state index is 0.0153. The highest BCUT2D eigenvalue weighted by atomic mass is 16.2. The Morgan fingerprint density at radius 1 is 1.25 bits per heavy atom. The summed E-state index contributed by atoms with van der Waals surface area (Å²) in [4.78, 5) is 12.5. The molecule has 110 valence electrons. The predicted octanol–water partition coefficient (Wildman–Crippen LogP) is 3.08. The van der Waals surface area contributed by atoms with E-state index in [1.54, 1.807) is 0 Å². The quantitative estimate of drug-likeness (QED) is 0.832. The van der Waals surface area contributed by atoms with Crippen molar-refractivity contribution < 1.29 is 4.79 Å². The third-order valence-electron chi connectivity index (χ3n) is 4.42. The number of nitrogens with two attached hydrogens (primary N) is 1. The van der Waals surface area contributed by atoms with Crippen molar-refractivity contribution in [3.8, 4) is 0 Å². The number of carbonyl (C=O) groups excluding carboxylic acids is 1. The Labute approximate surface area is 121 Å². The Hall–Kier alpha value is -1.35. The molecule has 3 unspecified atom stereocenters. The van der Waals surface area contributed by atoms with Crippen molar-refractivity contribution in [2.45, 2.75) is 58.0 Å². The van der Waals surface area contributed by atoms with Crippen LogP contribution in [0.3, 0.4) is 0 Å². The molecule has 1 saturated carbocycles. The monoisotopic (exact) mass is 274 g/mol. The number of hydrogen-bond donors (Lipinski definition) is 2. The van der Waals surface area contributed by atoms with Crippen LogP contribution < -0.4 is 11.1 Å². The first-order valence-corrected chi connectivity index (χ1v) is 7.71. The number of benzene rings is 1. The second kappa shape index (κ2) is 6.89. The van der Waals surface area contributed by atoms with Gasteiger partial charge in [0.2, 0.25) is 5.91 Å². The van der Waals surface area contributed by atoms with Crippen LogP contribution in [0.4, 0.5) is 0 Å². The fraction of sp³-hybridized carbons (Fsp3) is 0.588. The summed E-state index contributed by atoms with van der Waals surface area (Å²) in [6.07, 6.45) is 5.36. The molecule has 2 rings (SSSR count). The van der Waals surface area contributed by atoms with E-state index in [0.717, 1.165) is 25.7 Å². The zero-order chi connectivity index (χ0) is 14.5. The first-order valence-electron chi connectivity index (χ1n) is 7.71. The molecule has 3 atom stereocenters. The molecule has 0 heterocycles. The van der Waals surface area contributed by atoms with Gasteiger partial charge in [0.1, 0.15) is 0 Å². The van der Waals surface area contributed by atoms with Crippen LogP contribution in [0.15, 0.2) is 24.3 Å². The maximum Gasteiger partial charge on any atom is 0.225 e. The molecule has 1 aliphatic rings. The van der Waals surface area contributed by atoms with Gasteiger partial charge in [0.25, 0.3) is 0 Å². The molecule has 0 aromatic heterocycles. The third-order valence-corrected chi connectivity index (χ3v) is 4.42. The van der Waals surface area contributed by atoms with Crippen LogP contribution in [-0.2, 0) is 4.79 Å². The average molecular weight is 274 g/mol. The standard InChI is InChI=1S/C17H26N2O/c1-12-8-6-7-9-14(12)13(2)19-17(20)15-10-4-3-5-11-16(15)18/h6-9,13,15-16H,3-5,10-11,18H2,1-2H3,(H,19,20). The number of carbonyl (C=O) groups is 1. The molecule has 0 radical (unpaired) electrons. The lowest BCUT2D eigenvalue weighted by Gasteiger charge is -2.24. The van der Waals surface area contributed by atoms with E-state index in [0.29, 0.717) is 0 Å². The molecule has 1 aliphatic carbocycles. The number of aryl methyl sites for hydroxylation is 1. The smallest absolute Gasteiger partial charge is 0.225 e. The Balaban J connectivity index is 2.01. The summed E-state index contributed by atoms with van der Waals surface area (Å²) in [5.74, 6) is 0.0964. The van der Waals surface area contributed by atoms with Gasteiger partial charge in [-0.3, -0.25) is 4.79 Å². The van der Waals surface area contributed by atoms with Gasteiger partial charge in [-0.2, -0.15) is 0 Å². The summed E-state index contributed by atoms with van der Waals surface area (Å²) in [6.45, 7) is 4.12. The van der Waals surface area contributed by atoms with Gasteiger partial charge < -0.3 is 11.1 Å². The zero-order valence-corrected chi connectivity index (χ0v) is 12.6. The van der Waals surface area contributed by atoms with Crippen LogP contribution in [-0.4, -0.2) is 11.9 Å². The first kappa shape index (κ1) is 15.0. The lowest BCUT2D eigenvalue weighted by atomic mass is 9.93. The second-order valence-electron chi connectivity index (χ2n) is 6.00. The van der Waals surface area contributed by atoms with E-state index in [1.807, 2.05) is 19.1 Å². The van der Waals surface area contributed by atoms with Gasteiger partial charge >= 0.3 is 0 Å². The number of amides is 1. The van der Waals surface area contributed by atoms with Gasteiger partial charge in [-0.15, -0.1) is 0 Å². The van der Waals surface area contributed by atoms with Gasteiger partial charge in [0.05, 0.1) is 12.0 Å². The van der Waals surface area contributed by atoms with Crippen LogP contribution in [0.25, 0.3) is 0 Å². The fourth-order valence-electron chi connectivity index (χ4n) is 3.13. The number of rotatable bonds is 3. The van der Waals surface area contributed by atoms with E-state index < -0.39 is 0 Å². The molecule has 3 nitrogen and oxygen atoms in total. The van der Waals surface area contributed by atoms with Gasteiger partial charge in [0.15, 0.2) is 0 Å². The van der Waals surface area contributed by atoms with Crippen molar-refractivity contribution in [1.82, 2.24) is 5.32 Å². The normalized spacial score (nSPS) is 24.8. The van der Waals surface area contributed by atoms with Crippen LogP contribution in [0.1, 0.15) is 56.2 Å². The van der Waals surface area contributed by atoms with E-state index in [1.165, 1.54) is 17.5 Å². The summed E-state index contributed by atoms with van der Waals surface area (Å²) >= 11 is 0. The maximum absolute atomic E-state index is 12.5. The Bertz CT molecular complexity index is 458. The van der Waals surface area contributed by atoms with Crippen LogP contribution >= 0.6 is 0 Å². The molecule has 0 saturated heterocycles. The SMILES string of the molecule is Cc1ccccc1C(C)NC(=O)C1CCCCCC1N. The predicted molar refractivity (Wildman–Crippen MR) is 82.3 cm³/mol. The van der Waals surface area contributed by atoms with Gasteiger partial charge in [0, 0.05) is 6.04 Å². The third kappa shape index (κ3) is 3.60. The lowest BCUT2D eigenvalue weighted by molar-refractivity contribution is -0.126. The van der Waals surface area contributed by atoms with E-state index in [9.17, 15) is 4.79 Å². The molecule has 1 fully saturated rings. The van der Waals surface area contributed by atoms with Crippen molar-refractivity contribution in [2.75, 3.05) is 0 Å². The lowest BCUT2D eigenvalue weighted by Crippen LogP contribution is -2.42. The van der Waals surface area contributed by atoms with Gasteiger partial charge in [-0.25, -0.2) is 0 Å². The van der Waals surface area contributed by atoms with Crippen LogP contribution in [0.2, 0.25) is 0 Å². The Kier molecular flexibility index (Phi) is 5.18. The summed E-state index contributed by atoms with van der Waals surface area (Å²) in [5, 5.41) is 3.15. The second-order valence-corrected chi connectivity index (χ2v) is 6.00. The highest BCUT2D eigenvalue weighted by Crippen LogP contribution is 2.24. The Morgan fingerprint density at radius 3 is 2.70 bits per heavy atom. The number of hydrogen-bond acceptors (Lipinski definition) is 2. The molecular formula is C17H26N2O. The summed E-state index contributed by atoms with van der Waals surface area (Å²) < 4.78 is 0. The number of nitrogens with one attached hydrogen (secondary N) is 1. The van der Waals surface area contributed by atoms with Crippen molar-refractivity contribution in [2.24, 2.45) is 11.7 Å². The van der Waals surface area contributed by atoms with Crippen molar-refractivity contribution in [3.05, 3.63) is 35.4 Å². The average Bonchev–Trinajstić information content (AvgIpc) is 2.63. The van der Waals surface area contributed by atoms with Crippen LogP contribution in [0.5, 0.6) is 0 Å². The van der Waals surface area contributed by atoms with Gasteiger partial charge in [-0.1, -0.05) is 43.5 Å². The molecular weight excluding hydrogens is 248 g/mol. The van der Waals surface area contributed by atoms with Crippen molar-refractivity contribution in [1.29, 1.82) is 0 Å². The van der Waals surface area contributed by atoms with Crippen LogP contribution in [0, 0.1) is 12.8 Å². The molecule has 1 amide bonds. The molecule has 1 aromatic rings. The zero-order valence-electron chi connectivity index (χ0n) is 12.6. The summed E-state index contributed by atoms with van der Waals surface area (Å²) in [6, 6.07) is 8.25. The molecule has 3 N–H and O–H groups in total. The topological polar surface area (TPSA) is 55.1 Å². The molecule has 20 heavy (non-hydrogen) atoms. The molecule has 0 spiro atoms. The maximum atomic E-state index is 12.5. The van der Waals surface area contributed by atoms with Crippen molar-refractivity contribution >= 4 is 5.91 Å². The summed E-state index contributed by atoms with van der Waals surface area (Å²) in [7, 11) is 0.